The van der Waals surface area contributed by atoms with Crippen LogP contribution < -0.4 is 0 Å². The number of hydrogen-bond donors (Lipinski definition) is 0. The van der Waals surface area contributed by atoms with Crippen LogP contribution in [0.25, 0.3) is 0 Å². The Balaban J connectivity index is 3.35. The molecule has 0 unspecified atom stereocenters. The molecule has 4 heteroatoms. The first-order chi connectivity index (χ1) is 5.21. The lowest BCUT2D eigenvalue weighted by molar-refractivity contribution is -0.286. The third-order valence-corrected chi connectivity index (χ3v) is 0.739. The molecule has 0 spiro atoms. The zero-order valence-corrected chi connectivity index (χ0v) is 8.80. The quantitative estimate of drug-likeness (QED) is 0.283. The SMILES string of the molecule is CC(C)(C)O[B]OOC(C)(C)C. The first-order valence-corrected chi connectivity index (χ1v) is 4.05. The van der Waals surface area contributed by atoms with Crippen molar-refractivity contribution < 1.29 is 14.3 Å². The molecule has 0 aliphatic carbocycles. The fourth-order valence-electron chi connectivity index (χ4n) is 0.328. The van der Waals surface area contributed by atoms with Crippen LogP contribution in [0.15, 0.2) is 0 Å². The van der Waals surface area contributed by atoms with Gasteiger partial charge in [-0.1, -0.05) is 0 Å². The minimum absolute atomic E-state index is 0.235. The Bertz CT molecular complexity index is 107. The highest BCUT2D eigenvalue weighted by atomic mass is 17.2. The molecule has 12 heavy (non-hydrogen) atoms. The lowest BCUT2D eigenvalue weighted by atomic mass is 10.1. The second-order valence-corrected chi connectivity index (χ2v) is 4.62. The third-order valence-electron chi connectivity index (χ3n) is 0.739. The van der Waals surface area contributed by atoms with Gasteiger partial charge >= 0.3 is 7.69 Å². The van der Waals surface area contributed by atoms with Gasteiger partial charge in [0, 0.05) is 5.60 Å². The van der Waals surface area contributed by atoms with Gasteiger partial charge in [0.15, 0.2) is 0 Å². The molecule has 0 amide bonds. The van der Waals surface area contributed by atoms with Crippen molar-refractivity contribution in [3.05, 3.63) is 0 Å². The van der Waals surface area contributed by atoms with Crippen molar-refractivity contribution in [1.29, 1.82) is 0 Å². The summed E-state index contributed by atoms with van der Waals surface area (Å²) in [5, 5.41) is 0. The summed E-state index contributed by atoms with van der Waals surface area (Å²) in [5.41, 5.74) is -0.543. The van der Waals surface area contributed by atoms with E-state index in [0.717, 1.165) is 0 Å². The zero-order chi connectivity index (χ0) is 9.83. The Hall–Kier alpha value is -0.0551. The van der Waals surface area contributed by atoms with Crippen LogP contribution in [-0.2, 0) is 14.3 Å². The summed E-state index contributed by atoms with van der Waals surface area (Å²) in [6.45, 7) is 11.5. The maximum Gasteiger partial charge on any atom is 0.525 e. The molecule has 0 aromatic carbocycles. The summed E-state index contributed by atoms with van der Waals surface area (Å²) in [6, 6.07) is 0. The molecule has 0 aromatic rings. The standard InChI is InChI=1S/C8H18BO3/c1-7(2,3)10-9-12-11-8(4,5)6/h1-6H3. The van der Waals surface area contributed by atoms with E-state index in [4.69, 9.17) is 14.3 Å². The maximum atomic E-state index is 5.15. The highest BCUT2D eigenvalue weighted by Gasteiger charge is 2.15. The molecular formula is C8H18BO3. The van der Waals surface area contributed by atoms with E-state index in [-0.39, 0.29) is 11.2 Å². The van der Waals surface area contributed by atoms with Crippen LogP contribution in [0.5, 0.6) is 0 Å². The zero-order valence-electron chi connectivity index (χ0n) is 8.80. The van der Waals surface area contributed by atoms with Crippen molar-refractivity contribution in [3.63, 3.8) is 0 Å². The first kappa shape index (κ1) is 11.9. The van der Waals surface area contributed by atoms with Gasteiger partial charge in [-0.3, -0.25) is 4.81 Å². The molecule has 0 bridgehead atoms. The van der Waals surface area contributed by atoms with E-state index in [1.165, 1.54) is 7.69 Å². The summed E-state index contributed by atoms with van der Waals surface area (Å²) in [5.74, 6) is 0. The lowest BCUT2D eigenvalue weighted by Gasteiger charge is -2.21. The van der Waals surface area contributed by atoms with Gasteiger partial charge in [0.1, 0.15) is 0 Å². The largest absolute Gasteiger partial charge is 0.525 e. The predicted molar refractivity (Wildman–Crippen MR) is 48.5 cm³/mol. The van der Waals surface area contributed by atoms with Crippen molar-refractivity contribution in [2.45, 2.75) is 52.7 Å². The van der Waals surface area contributed by atoms with Crippen molar-refractivity contribution >= 4 is 7.69 Å². The van der Waals surface area contributed by atoms with Crippen LogP contribution in [0, 0.1) is 0 Å². The molecule has 0 aromatic heterocycles. The van der Waals surface area contributed by atoms with Gasteiger partial charge in [0.05, 0.1) is 5.60 Å². The van der Waals surface area contributed by atoms with E-state index in [1.54, 1.807) is 0 Å². The number of rotatable bonds is 3. The van der Waals surface area contributed by atoms with E-state index in [0.29, 0.717) is 0 Å². The smallest absolute Gasteiger partial charge is 0.407 e. The van der Waals surface area contributed by atoms with Crippen molar-refractivity contribution in [1.82, 2.24) is 0 Å². The van der Waals surface area contributed by atoms with Gasteiger partial charge in [-0.05, 0) is 41.5 Å². The maximum absolute atomic E-state index is 5.15. The fraction of sp³-hybridized carbons (Fsp3) is 1.00. The summed E-state index contributed by atoms with van der Waals surface area (Å²) in [7, 11) is 1.21. The molecule has 0 saturated heterocycles. The van der Waals surface area contributed by atoms with Gasteiger partial charge in [0.25, 0.3) is 0 Å². The van der Waals surface area contributed by atoms with Gasteiger partial charge in [-0.25, -0.2) is 4.89 Å². The van der Waals surface area contributed by atoms with Gasteiger partial charge in [-0.15, -0.1) is 0 Å². The Morgan fingerprint density at radius 1 is 0.833 bits per heavy atom. The van der Waals surface area contributed by atoms with Crippen LogP contribution in [0.3, 0.4) is 0 Å². The molecule has 1 radical (unpaired) electrons. The van der Waals surface area contributed by atoms with Crippen LogP contribution in [-0.4, -0.2) is 18.9 Å². The fourth-order valence-corrected chi connectivity index (χ4v) is 0.328. The van der Waals surface area contributed by atoms with Crippen molar-refractivity contribution in [2.75, 3.05) is 0 Å². The molecule has 0 saturated carbocycles. The molecular weight excluding hydrogens is 155 g/mol. The monoisotopic (exact) mass is 173 g/mol. The lowest BCUT2D eigenvalue weighted by Crippen LogP contribution is -2.26. The van der Waals surface area contributed by atoms with E-state index < -0.39 is 0 Å². The molecule has 0 aliphatic heterocycles. The topological polar surface area (TPSA) is 27.7 Å². The van der Waals surface area contributed by atoms with E-state index in [9.17, 15) is 0 Å². The Morgan fingerprint density at radius 2 is 1.33 bits per heavy atom. The Morgan fingerprint density at radius 3 is 1.67 bits per heavy atom. The first-order valence-electron chi connectivity index (χ1n) is 4.05. The average molecular weight is 173 g/mol. The van der Waals surface area contributed by atoms with E-state index >= 15 is 0 Å². The van der Waals surface area contributed by atoms with Crippen LogP contribution >= 0.6 is 0 Å². The molecule has 0 rings (SSSR count). The molecule has 0 fully saturated rings. The molecule has 3 nitrogen and oxygen atoms in total. The summed E-state index contributed by atoms with van der Waals surface area (Å²) in [4.78, 5) is 9.67. The Labute approximate surface area is 75.6 Å². The van der Waals surface area contributed by atoms with E-state index in [1.807, 2.05) is 41.5 Å². The second kappa shape index (κ2) is 4.26. The van der Waals surface area contributed by atoms with Crippen LogP contribution in [0.2, 0.25) is 0 Å². The summed E-state index contributed by atoms with van der Waals surface area (Å²) in [6.07, 6.45) is 0. The van der Waals surface area contributed by atoms with Gasteiger partial charge < -0.3 is 4.65 Å². The minimum atomic E-state index is -0.308. The molecule has 0 N–H and O–H groups in total. The summed E-state index contributed by atoms with van der Waals surface area (Å²) >= 11 is 0. The van der Waals surface area contributed by atoms with Crippen molar-refractivity contribution in [3.8, 4) is 0 Å². The Kier molecular flexibility index (Phi) is 4.24. The predicted octanol–water partition coefficient (Wildman–Crippen LogP) is 2.08. The molecule has 0 heterocycles. The minimum Gasteiger partial charge on any atom is -0.407 e. The van der Waals surface area contributed by atoms with Crippen molar-refractivity contribution in [2.24, 2.45) is 0 Å². The third kappa shape index (κ3) is 9.94. The highest BCUT2D eigenvalue weighted by molar-refractivity contribution is 6.17. The van der Waals surface area contributed by atoms with Crippen LogP contribution in [0.1, 0.15) is 41.5 Å². The van der Waals surface area contributed by atoms with Crippen LogP contribution in [0.4, 0.5) is 0 Å². The molecule has 0 atom stereocenters. The second-order valence-electron chi connectivity index (χ2n) is 4.62. The number of hydrogen-bond acceptors (Lipinski definition) is 3. The average Bonchev–Trinajstić information content (AvgIpc) is 1.76. The molecule has 0 aliphatic rings. The highest BCUT2D eigenvalue weighted by Crippen LogP contribution is 2.08. The van der Waals surface area contributed by atoms with Gasteiger partial charge in [0.2, 0.25) is 0 Å². The summed E-state index contributed by atoms with van der Waals surface area (Å²) < 4.78 is 5.15. The normalized spacial score (nSPS) is 13.2. The van der Waals surface area contributed by atoms with E-state index in [2.05, 4.69) is 0 Å². The van der Waals surface area contributed by atoms with Gasteiger partial charge in [-0.2, -0.15) is 0 Å². The molecule has 71 valence electrons.